The molecule has 0 bridgehead atoms. The third-order valence-corrected chi connectivity index (χ3v) is 1.82. The van der Waals surface area contributed by atoms with Crippen LogP contribution in [0, 0.1) is 0 Å². The number of halogens is 5. The Labute approximate surface area is 103 Å². The molecule has 1 aromatic rings. The second-order valence-electron chi connectivity index (χ2n) is 3.27. The summed E-state index contributed by atoms with van der Waals surface area (Å²) in [5, 5.41) is 8.54. The largest absolute Gasteiger partial charge is 0.573 e. The number of benzene rings is 1. The third-order valence-electron chi connectivity index (χ3n) is 1.82. The lowest BCUT2D eigenvalue weighted by molar-refractivity contribution is -0.275. The minimum atomic E-state index is -5.02. The molecule has 0 fully saturated rings. The van der Waals surface area contributed by atoms with Gasteiger partial charge in [0.05, 0.1) is 6.42 Å². The summed E-state index contributed by atoms with van der Waals surface area (Å²) < 4.78 is 67.6. The molecule has 9 heteroatoms. The SMILES string of the molecule is O=C(O)Cc1cc(OC(F)F)ccc1OC(F)(F)F. The standard InChI is InChI=1S/C10H7F5O4/c11-9(12)18-6-1-2-7(19-10(13,14)15)5(3-6)4-8(16)17/h1-3,9H,4H2,(H,16,17). The van der Waals surface area contributed by atoms with Crippen molar-refractivity contribution in [1.82, 2.24) is 0 Å². The van der Waals surface area contributed by atoms with Crippen molar-refractivity contribution < 1.29 is 41.3 Å². The van der Waals surface area contributed by atoms with Gasteiger partial charge in [-0.15, -0.1) is 13.2 Å². The number of carboxylic acid groups (broad SMARTS) is 1. The second-order valence-corrected chi connectivity index (χ2v) is 3.27. The van der Waals surface area contributed by atoms with E-state index in [1.807, 2.05) is 0 Å². The van der Waals surface area contributed by atoms with E-state index in [1.165, 1.54) is 0 Å². The number of carbonyl (C=O) groups is 1. The second kappa shape index (κ2) is 5.72. The van der Waals surface area contributed by atoms with Crippen LogP contribution >= 0.6 is 0 Å². The molecule has 19 heavy (non-hydrogen) atoms. The molecule has 106 valence electrons. The lowest BCUT2D eigenvalue weighted by Crippen LogP contribution is -2.19. The van der Waals surface area contributed by atoms with Gasteiger partial charge in [-0.3, -0.25) is 4.79 Å². The van der Waals surface area contributed by atoms with E-state index in [2.05, 4.69) is 9.47 Å². The van der Waals surface area contributed by atoms with Crippen LogP contribution in [0.5, 0.6) is 11.5 Å². The summed E-state index contributed by atoms with van der Waals surface area (Å²) in [5.41, 5.74) is -0.428. The molecule has 1 rings (SSSR count). The maximum absolute atomic E-state index is 12.0. The lowest BCUT2D eigenvalue weighted by Gasteiger charge is -2.13. The van der Waals surface area contributed by atoms with Gasteiger partial charge in [-0.25, -0.2) is 0 Å². The van der Waals surface area contributed by atoms with Gasteiger partial charge in [-0.1, -0.05) is 0 Å². The molecule has 0 heterocycles. The third kappa shape index (κ3) is 5.40. The van der Waals surface area contributed by atoms with Gasteiger partial charge in [0, 0.05) is 5.56 Å². The zero-order valence-electron chi connectivity index (χ0n) is 9.08. The van der Waals surface area contributed by atoms with Gasteiger partial charge in [0.1, 0.15) is 11.5 Å². The first-order valence-corrected chi connectivity index (χ1v) is 4.72. The molecule has 0 saturated heterocycles. The van der Waals surface area contributed by atoms with Gasteiger partial charge in [0.15, 0.2) is 0 Å². The monoisotopic (exact) mass is 286 g/mol. The van der Waals surface area contributed by atoms with Crippen LogP contribution in [0.25, 0.3) is 0 Å². The van der Waals surface area contributed by atoms with E-state index in [0.717, 1.165) is 12.1 Å². The number of rotatable bonds is 5. The molecular weight excluding hydrogens is 279 g/mol. The van der Waals surface area contributed by atoms with Crippen LogP contribution in [-0.4, -0.2) is 24.0 Å². The predicted molar refractivity (Wildman–Crippen MR) is 51.1 cm³/mol. The molecule has 0 amide bonds. The Hall–Kier alpha value is -2.06. The summed E-state index contributed by atoms with van der Waals surface area (Å²) in [6, 6.07) is 2.28. The molecular formula is C10H7F5O4. The van der Waals surface area contributed by atoms with E-state index < -0.39 is 42.4 Å². The smallest absolute Gasteiger partial charge is 0.481 e. The Morgan fingerprint density at radius 2 is 1.95 bits per heavy atom. The Balaban J connectivity index is 3.05. The van der Waals surface area contributed by atoms with E-state index >= 15 is 0 Å². The summed E-state index contributed by atoms with van der Waals surface area (Å²) in [6.07, 6.45) is -5.84. The predicted octanol–water partition coefficient (Wildman–Crippen LogP) is 2.81. The van der Waals surface area contributed by atoms with Gasteiger partial charge >= 0.3 is 18.9 Å². The Kier molecular flexibility index (Phi) is 4.52. The molecule has 0 atom stereocenters. The topological polar surface area (TPSA) is 55.8 Å². The van der Waals surface area contributed by atoms with Crippen molar-refractivity contribution in [2.75, 3.05) is 0 Å². The van der Waals surface area contributed by atoms with Crippen molar-refractivity contribution in [3.8, 4) is 11.5 Å². The zero-order chi connectivity index (χ0) is 14.6. The average molecular weight is 286 g/mol. The molecule has 4 nitrogen and oxygen atoms in total. The molecule has 0 spiro atoms. The van der Waals surface area contributed by atoms with Gasteiger partial charge in [0.25, 0.3) is 0 Å². The molecule has 0 aliphatic carbocycles. The quantitative estimate of drug-likeness (QED) is 0.846. The van der Waals surface area contributed by atoms with Crippen LogP contribution < -0.4 is 9.47 Å². The van der Waals surface area contributed by atoms with Crippen molar-refractivity contribution in [3.63, 3.8) is 0 Å². The molecule has 0 aromatic heterocycles. The van der Waals surface area contributed by atoms with Crippen LogP contribution in [0.1, 0.15) is 5.56 Å². The summed E-state index contributed by atoms with van der Waals surface area (Å²) in [7, 11) is 0. The summed E-state index contributed by atoms with van der Waals surface area (Å²) in [4.78, 5) is 10.5. The highest BCUT2D eigenvalue weighted by atomic mass is 19.4. The normalized spacial score (nSPS) is 11.5. The van der Waals surface area contributed by atoms with Gasteiger partial charge in [-0.05, 0) is 18.2 Å². The van der Waals surface area contributed by atoms with Crippen molar-refractivity contribution in [3.05, 3.63) is 23.8 Å². The van der Waals surface area contributed by atoms with Crippen molar-refractivity contribution in [2.24, 2.45) is 0 Å². The first kappa shape index (κ1) is 15.0. The van der Waals surface area contributed by atoms with Crippen LogP contribution in [0.3, 0.4) is 0 Å². The van der Waals surface area contributed by atoms with E-state index in [-0.39, 0.29) is 0 Å². The number of aliphatic carboxylic acids is 1. The van der Waals surface area contributed by atoms with Crippen LogP contribution in [-0.2, 0) is 11.2 Å². The highest BCUT2D eigenvalue weighted by Crippen LogP contribution is 2.30. The van der Waals surface area contributed by atoms with Crippen molar-refractivity contribution >= 4 is 5.97 Å². The first-order valence-electron chi connectivity index (χ1n) is 4.72. The Morgan fingerprint density at radius 1 is 1.32 bits per heavy atom. The Bertz CT molecular complexity index is 458. The van der Waals surface area contributed by atoms with Crippen LogP contribution in [0.2, 0.25) is 0 Å². The molecule has 0 saturated carbocycles. The molecule has 0 unspecified atom stereocenters. The fourth-order valence-corrected chi connectivity index (χ4v) is 1.26. The molecule has 0 aliphatic rings. The average Bonchev–Trinajstić information content (AvgIpc) is 2.18. The maximum atomic E-state index is 12.0. The van der Waals surface area contributed by atoms with Gasteiger partial charge < -0.3 is 14.6 Å². The summed E-state index contributed by atoms with van der Waals surface area (Å²) >= 11 is 0. The summed E-state index contributed by atoms with van der Waals surface area (Å²) in [5.74, 6) is -2.68. The minimum absolute atomic E-state index is 0.428. The van der Waals surface area contributed by atoms with E-state index in [4.69, 9.17) is 5.11 Å². The molecule has 1 N–H and O–H groups in total. The van der Waals surface area contributed by atoms with E-state index in [0.29, 0.717) is 6.07 Å². The Morgan fingerprint density at radius 3 is 2.42 bits per heavy atom. The van der Waals surface area contributed by atoms with Crippen molar-refractivity contribution in [2.45, 2.75) is 19.4 Å². The highest BCUT2D eigenvalue weighted by Gasteiger charge is 2.32. The molecule has 0 radical (unpaired) electrons. The number of hydrogen-bond donors (Lipinski definition) is 1. The molecule has 0 aliphatic heterocycles. The lowest BCUT2D eigenvalue weighted by atomic mass is 10.1. The number of ether oxygens (including phenoxy) is 2. The van der Waals surface area contributed by atoms with Gasteiger partial charge in [0.2, 0.25) is 0 Å². The maximum Gasteiger partial charge on any atom is 0.573 e. The summed E-state index contributed by atoms with van der Waals surface area (Å²) in [6.45, 7) is -3.17. The molecule has 1 aromatic carbocycles. The van der Waals surface area contributed by atoms with Crippen LogP contribution in [0.15, 0.2) is 18.2 Å². The number of hydrogen-bond acceptors (Lipinski definition) is 3. The van der Waals surface area contributed by atoms with Crippen molar-refractivity contribution in [1.29, 1.82) is 0 Å². The fraction of sp³-hybridized carbons (Fsp3) is 0.300. The fourth-order valence-electron chi connectivity index (χ4n) is 1.26. The zero-order valence-corrected chi connectivity index (χ0v) is 9.08. The minimum Gasteiger partial charge on any atom is -0.481 e. The van der Waals surface area contributed by atoms with E-state index in [1.54, 1.807) is 0 Å². The first-order chi connectivity index (χ1) is 8.67. The van der Waals surface area contributed by atoms with E-state index in [9.17, 15) is 26.7 Å². The number of alkyl halides is 5. The van der Waals surface area contributed by atoms with Gasteiger partial charge in [-0.2, -0.15) is 8.78 Å². The highest BCUT2D eigenvalue weighted by molar-refractivity contribution is 5.71. The number of carboxylic acids is 1. The van der Waals surface area contributed by atoms with Crippen LogP contribution in [0.4, 0.5) is 22.0 Å².